The number of hydrogen-bond donors (Lipinski definition) is 2. The number of rotatable bonds is 6. The molecule has 0 unspecified atom stereocenters. The molecule has 2 N–H and O–H groups in total. The Labute approximate surface area is 152 Å². The van der Waals surface area contributed by atoms with Gasteiger partial charge in [0.05, 0.1) is 19.1 Å². The van der Waals surface area contributed by atoms with Crippen LogP contribution in [0.5, 0.6) is 5.75 Å². The van der Waals surface area contributed by atoms with Gasteiger partial charge in [-0.3, -0.25) is 9.36 Å². The molecule has 7 heteroatoms. The van der Waals surface area contributed by atoms with Crippen molar-refractivity contribution in [3.8, 4) is 5.75 Å². The smallest absolute Gasteiger partial charge is 0.319 e. The van der Waals surface area contributed by atoms with E-state index in [1.807, 2.05) is 0 Å². The van der Waals surface area contributed by atoms with Crippen LogP contribution in [0.3, 0.4) is 0 Å². The summed E-state index contributed by atoms with van der Waals surface area (Å²) >= 11 is 0. The molecule has 1 aliphatic rings. The van der Waals surface area contributed by atoms with Gasteiger partial charge in [-0.2, -0.15) is 0 Å². The molecule has 0 atom stereocenters. The zero-order chi connectivity index (χ0) is 18.4. The van der Waals surface area contributed by atoms with Gasteiger partial charge in [-0.05, 0) is 25.0 Å². The van der Waals surface area contributed by atoms with Crippen molar-refractivity contribution in [1.29, 1.82) is 0 Å². The van der Waals surface area contributed by atoms with Crippen LogP contribution in [0.15, 0.2) is 41.5 Å². The number of nitrogens with one attached hydrogen (secondary N) is 2. The first kappa shape index (κ1) is 18.0. The summed E-state index contributed by atoms with van der Waals surface area (Å²) in [6, 6.07) is 8.41. The Kier molecular flexibility index (Phi) is 5.88. The molecule has 7 nitrogen and oxygen atoms in total. The fourth-order valence-electron chi connectivity index (χ4n) is 3.22. The van der Waals surface area contributed by atoms with Crippen LogP contribution >= 0.6 is 0 Å². The first-order chi connectivity index (χ1) is 12.7. The van der Waals surface area contributed by atoms with Crippen LogP contribution in [0.25, 0.3) is 0 Å². The highest BCUT2D eigenvalue weighted by molar-refractivity contribution is 5.89. The van der Waals surface area contributed by atoms with E-state index < -0.39 is 0 Å². The monoisotopic (exact) mass is 356 g/mol. The molecule has 1 fully saturated rings. The number of carbonyl (C=O) groups is 1. The molecule has 0 aliphatic heterocycles. The maximum Gasteiger partial charge on any atom is 0.319 e. The van der Waals surface area contributed by atoms with E-state index in [-0.39, 0.29) is 11.6 Å². The van der Waals surface area contributed by atoms with E-state index in [2.05, 4.69) is 15.6 Å². The van der Waals surface area contributed by atoms with Crippen LogP contribution in [0.2, 0.25) is 0 Å². The van der Waals surface area contributed by atoms with Gasteiger partial charge in [-0.1, -0.05) is 18.9 Å². The number of benzene rings is 1. The molecule has 1 heterocycles. The molecule has 1 saturated carbocycles. The fourth-order valence-corrected chi connectivity index (χ4v) is 3.22. The van der Waals surface area contributed by atoms with Gasteiger partial charge in [0.15, 0.2) is 0 Å². The summed E-state index contributed by atoms with van der Waals surface area (Å²) in [7, 11) is 1.57. The zero-order valence-corrected chi connectivity index (χ0v) is 14.9. The Balaban J connectivity index is 1.49. The van der Waals surface area contributed by atoms with Crippen molar-refractivity contribution in [3.05, 3.63) is 52.7 Å². The third kappa shape index (κ3) is 4.62. The number of methoxy groups -OCH3 is 1. The van der Waals surface area contributed by atoms with Crippen LogP contribution in [0.1, 0.15) is 37.3 Å². The maximum absolute atomic E-state index is 12.2. The number of aromatic nitrogens is 2. The Morgan fingerprint density at radius 3 is 2.85 bits per heavy atom. The highest BCUT2D eigenvalue weighted by Gasteiger charge is 2.18. The molecule has 0 radical (unpaired) electrons. The minimum Gasteiger partial charge on any atom is -0.497 e. The fraction of sp³-hybridized carbons (Fsp3) is 0.421. The molecule has 26 heavy (non-hydrogen) atoms. The van der Waals surface area contributed by atoms with Gasteiger partial charge in [-0.25, -0.2) is 9.78 Å². The second-order valence-corrected chi connectivity index (χ2v) is 6.44. The number of nitrogens with zero attached hydrogens (tertiary/aromatic N) is 2. The van der Waals surface area contributed by atoms with Crippen molar-refractivity contribution in [2.45, 2.75) is 38.1 Å². The lowest BCUT2D eigenvalue weighted by atomic mass is 10.0. The molecule has 2 aromatic rings. The Bertz CT molecular complexity index is 812. The van der Waals surface area contributed by atoms with E-state index in [4.69, 9.17) is 4.74 Å². The third-order valence-electron chi connectivity index (χ3n) is 4.64. The van der Waals surface area contributed by atoms with Gasteiger partial charge < -0.3 is 15.4 Å². The van der Waals surface area contributed by atoms with Crippen molar-refractivity contribution in [1.82, 2.24) is 14.9 Å². The average Bonchev–Trinajstić information content (AvgIpc) is 3.18. The standard InChI is InChI=1S/C19H24N4O3/c1-26-16-8-4-7-15(11-16)22-19(25)20-9-10-23-13-21-17(12-18(23)24)14-5-2-3-6-14/h4,7-8,11-14H,2-3,5-6,9-10H2,1H3,(H2,20,22,25). The van der Waals surface area contributed by atoms with E-state index in [9.17, 15) is 9.59 Å². The van der Waals surface area contributed by atoms with Crippen molar-refractivity contribution in [2.24, 2.45) is 0 Å². The predicted molar refractivity (Wildman–Crippen MR) is 99.7 cm³/mol. The zero-order valence-electron chi connectivity index (χ0n) is 14.9. The van der Waals surface area contributed by atoms with Crippen LogP contribution in [-0.2, 0) is 6.54 Å². The number of amides is 2. The highest BCUT2D eigenvalue weighted by atomic mass is 16.5. The molecular weight excluding hydrogens is 332 g/mol. The third-order valence-corrected chi connectivity index (χ3v) is 4.64. The van der Waals surface area contributed by atoms with Gasteiger partial charge in [0.1, 0.15) is 5.75 Å². The minimum atomic E-state index is -0.332. The SMILES string of the molecule is COc1cccc(NC(=O)NCCn2cnc(C3CCCC3)cc2=O)c1. The Morgan fingerprint density at radius 2 is 2.12 bits per heavy atom. The second-order valence-electron chi connectivity index (χ2n) is 6.44. The van der Waals surface area contributed by atoms with Crippen molar-refractivity contribution in [2.75, 3.05) is 19.0 Å². The quantitative estimate of drug-likeness (QED) is 0.833. The van der Waals surface area contributed by atoms with E-state index in [0.29, 0.717) is 30.4 Å². The van der Waals surface area contributed by atoms with Crippen molar-refractivity contribution >= 4 is 11.7 Å². The van der Waals surface area contributed by atoms with Crippen LogP contribution in [0, 0.1) is 0 Å². The first-order valence-electron chi connectivity index (χ1n) is 8.91. The number of anilines is 1. The molecule has 1 aromatic heterocycles. The summed E-state index contributed by atoms with van der Waals surface area (Å²) in [6.07, 6.45) is 6.23. The topological polar surface area (TPSA) is 85.2 Å². The first-order valence-corrected chi connectivity index (χ1v) is 8.91. The van der Waals surface area contributed by atoms with Gasteiger partial charge in [0.25, 0.3) is 5.56 Å². The van der Waals surface area contributed by atoms with Crippen LogP contribution < -0.4 is 20.9 Å². The molecule has 0 saturated heterocycles. The van der Waals surface area contributed by atoms with Gasteiger partial charge in [0, 0.05) is 36.8 Å². The number of hydrogen-bond acceptors (Lipinski definition) is 4. The lowest BCUT2D eigenvalue weighted by Crippen LogP contribution is -2.33. The molecule has 2 amide bonds. The van der Waals surface area contributed by atoms with Crippen molar-refractivity contribution < 1.29 is 9.53 Å². The molecule has 0 bridgehead atoms. The van der Waals surface area contributed by atoms with Crippen molar-refractivity contribution in [3.63, 3.8) is 0 Å². The van der Waals surface area contributed by atoms with Crippen LogP contribution in [-0.4, -0.2) is 29.2 Å². The van der Waals surface area contributed by atoms with Crippen LogP contribution in [0.4, 0.5) is 10.5 Å². The summed E-state index contributed by atoms with van der Waals surface area (Å²) in [5.41, 5.74) is 1.46. The molecular formula is C19H24N4O3. The lowest BCUT2D eigenvalue weighted by molar-refractivity contribution is 0.251. The van der Waals surface area contributed by atoms with Gasteiger partial charge in [-0.15, -0.1) is 0 Å². The number of carbonyl (C=O) groups excluding carboxylic acids is 1. The minimum absolute atomic E-state index is 0.0723. The van der Waals surface area contributed by atoms with E-state index in [0.717, 1.165) is 18.5 Å². The summed E-state index contributed by atoms with van der Waals surface area (Å²) in [5, 5.41) is 5.47. The number of urea groups is 1. The predicted octanol–water partition coefficient (Wildman–Crippen LogP) is 2.73. The summed E-state index contributed by atoms with van der Waals surface area (Å²) < 4.78 is 6.64. The molecule has 0 spiro atoms. The van der Waals surface area contributed by atoms with E-state index in [1.54, 1.807) is 43.8 Å². The largest absolute Gasteiger partial charge is 0.497 e. The normalized spacial score (nSPS) is 14.2. The molecule has 1 aliphatic carbocycles. The molecule has 3 rings (SSSR count). The summed E-state index contributed by atoms with van der Waals surface area (Å²) in [5.74, 6) is 1.09. The second kappa shape index (κ2) is 8.51. The summed E-state index contributed by atoms with van der Waals surface area (Å²) in [6.45, 7) is 0.711. The Hall–Kier alpha value is -2.83. The summed E-state index contributed by atoms with van der Waals surface area (Å²) in [4.78, 5) is 28.6. The van der Waals surface area contributed by atoms with Gasteiger partial charge in [0.2, 0.25) is 0 Å². The molecule has 138 valence electrons. The highest BCUT2D eigenvalue weighted by Crippen LogP contribution is 2.32. The average molecular weight is 356 g/mol. The van der Waals surface area contributed by atoms with E-state index >= 15 is 0 Å². The lowest BCUT2D eigenvalue weighted by Gasteiger charge is -2.11. The maximum atomic E-state index is 12.2. The molecule has 1 aromatic carbocycles. The van der Waals surface area contributed by atoms with Gasteiger partial charge >= 0.3 is 6.03 Å². The number of ether oxygens (including phenoxy) is 1. The Morgan fingerprint density at radius 1 is 1.31 bits per heavy atom. The van der Waals surface area contributed by atoms with E-state index in [1.165, 1.54) is 17.4 Å².